The van der Waals surface area contributed by atoms with E-state index in [-0.39, 0.29) is 22.6 Å². The first-order valence-electron chi connectivity index (χ1n) is 7.26. The molecular formula is C17H18O7. The summed E-state index contributed by atoms with van der Waals surface area (Å²) < 4.78 is 0. The molecule has 2 aromatic carbocycles. The van der Waals surface area contributed by atoms with Gasteiger partial charge >= 0.3 is 0 Å². The van der Waals surface area contributed by atoms with Crippen molar-refractivity contribution < 1.29 is 35.4 Å². The highest BCUT2D eigenvalue weighted by Gasteiger charge is 2.26. The lowest BCUT2D eigenvalue weighted by molar-refractivity contribution is 0.103. The van der Waals surface area contributed by atoms with Crippen molar-refractivity contribution in [2.45, 2.75) is 26.2 Å². The first-order valence-corrected chi connectivity index (χ1v) is 7.26. The Morgan fingerprint density at radius 3 is 1.88 bits per heavy atom. The standard InChI is InChI=1S/C17H18O7/c1-3-7(2)13-9(6-12(20)16(23)17(13)24)14(21)8-4-10(18)15(22)11(19)5-8/h4-7,18-20,22-24H,3H2,1-2H3. The van der Waals surface area contributed by atoms with E-state index in [2.05, 4.69) is 0 Å². The molecule has 1 unspecified atom stereocenters. The lowest BCUT2D eigenvalue weighted by atomic mass is 9.88. The van der Waals surface area contributed by atoms with Crippen molar-refractivity contribution in [2.75, 3.05) is 0 Å². The fourth-order valence-electron chi connectivity index (χ4n) is 2.44. The molecule has 0 saturated carbocycles. The molecule has 24 heavy (non-hydrogen) atoms. The van der Waals surface area contributed by atoms with Gasteiger partial charge in [-0.15, -0.1) is 0 Å². The van der Waals surface area contributed by atoms with Gasteiger partial charge in [-0.25, -0.2) is 0 Å². The fraction of sp³-hybridized carbons (Fsp3) is 0.235. The van der Waals surface area contributed by atoms with Crippen LogP contribution in [0.5, 0.6) is 34.5 Å². The molecule has 7 heteroatoms. The lowest BCUT2D eigenvalue weighted by Gasteiger charge is -2.18. The number of benzene rings is 2. The van der Waals surface area contributed by atoms with Gasteiger partial charge in [-0.05, 0) is 30.5 Å². The minimum Gasteiger partial charge on any atom is -0.504 e. The number of carbonyl (C=O) groups is 1. The van der Waals surface area contributed by atoms with E-state index in [1.54, 1.807) is 6.92 Å². The molecule has 0 saturated heterocycles. The van der Waals surface area contributed by atoms with Gasteiger partial charge in [0.1, 0.15) is 0 Å². The van der Waals surface area contributed by atoms with E-state index in [0.29, 0.717) is 6.42 Å². The van der Waals surface area contributed by atoms with E-state index in [4.69, 9.17) is 0 Å². The Labute approximate surface area is 137 Å². The average Bonchev–Trinajstić information content (AvgIpc) is 2.55. The minimum absolute atomic E-state index is 0.0818. The van der Waals surface area contributed by atoms with Crippen LogP contribution in [0.4, 0.5) is 0 Å². The highest BCUT2D eigenvalue weighted by atomic mass is 16.3. The van der Waals surface area contributed by atoms with Gasteiger partial charge in [-0.3, -0.25) is 4.79 Å². The van der Waals surface area contributed by atoms with Gasteiger partial charge in [0, 0.05) is 16.7 Å². The summed E-state index contributed by atoms with van der Waals surface area (Å²) in [6.45, 7) is 3.55. The van der Waals surface area contributed by atoms with Gasteiger partial charge in [0.2, 0.25) is 5.75 Å². The normalized spacial score (nSPS) is 12.1. The van der Waals surface area contributed by atoms with Crippen molar-refractivity contribution in [1.82, 2.24) is 0 Å². The molecule has 0 fully saturated rings. The summed E-state index contributed by atoms with van der Waals surface area (Å²) in [4.78, 5) is 12.7. The highest BCUT2D eigenvalue weighted by Crippen LogP contribution is 2.45. The number of hydrogen-bond donors (Lipinski definition) is 6. The maximum absolute atomic E-state index is 12.7. The zero-order valence-corrected chi connectivity index (χ0v) is 13.1. The van der Waals surface area contributed by atoms with E-state index in [0.717, 1.165) is 18.2 Å². The van der Waals surface area contributed by atoms with Gasteiger partial charge < -0.3 is 30.6 Å². The average molecular weight is 334 g/mol. The van der Waals surface area contributed by atoms with Crippen LogP contribution in [0.25, 0.3) is 0 Å². The SMILES string of the molecule is CCC(C)c1c(C(=O)c2cc(O)c(O)c(O)c2)cc(O)c(O)c1O. The zero-order valence-electron chi connectivity index (χ0n) is 13.1. The molecule has 2 rings (SSSR count). The lowest BCUT2D eigenvalue weighted by Crippen LogP contribution is -2.08. The summed E-state index contributed by atoms with van der Waals surface area (Å²) >= 11 is 0. The third-order valence-electron chi connectivity index (χ3n) is 3.97. The molecule has 6 N–H and O–H groups in total. The quantitative estimate of drug-likeness (QED) is 0.373. The van der Waals surface area contributed by atoms with Crippen LogP contribution in [0.15, 0.2) is 18.2 Å². The number of carbonyl (C=O) groups excluding carboxylic acids is 1. The Bertz CT molecular complexity index is 788. The largest absolute Gasteiger partial charge is 0.504 e. The van der Waals surface area contributed by atoms with Crippen LogP contribution in [0, 0.1) is 0 Å². The molecule has 0 amide bonds. The Morgan fingerprint density at radius 1 is 0.875 bits per heavy atom. The molecule has 0 spiro atoms. The first-order chi connectivity index (χ1) is 11.2. The summed E-state index contributed by atoms with van der Waals surface area (Å²) in [7, 11) is 0. The second-order valence-corrected chi connectivity index (χ2v) is 5.56. The van der Waals surface area contributed by atoms with Gasteiger partial charge in [-0.1, -0.05) is 13.8 Å². The second kappa shape index (κ2) is 6.19. The van der Waals surface area contributed by atoms with Crippen LogP contribution in [0.1, 0.15) is 47.7 Å². The topological polar surface area (TPSA) is 138 Å². The van der Waals surface area contributed by atoms with Crippen molar-refractivity contribution in [3.63, 3.8) is 0 Å². The number of hydrogen-bond acceptors (Lipinski definition) is 7. The van der Waals surface area contributed by atoms with Crippen molar-refractivity contribution in [3.05, 3.63) is 34.9 Å². The third-order valence-corrected chi connectivity index (χ3v) is 3.97. The molecule has 0 aliphatic rings. The molecule has 0 aliphatic heterocycles. The summed E-state index contributed by atoms with van der Waals surface area (Å²) in [5.41, 5.74) is -0.0941. The van der Waals surface area contributed by atoms with Crippen molar-refractivity contribution in [1.29, 1.82) is 0 Å². The smallest absolute Gasteiger partial charge is 0.200 e. The number of phenols is 6. The van der Waals surface area contributed by atoms with Gasteiger partial charge in [0.05, 0.1) is 0 Å². The summed E-state index contributed by atoms with van der Waals surface area (Å²) in [6, 6.07) is 2.93. The molecule has 1 atom stereocenters. The number of rotatable bonds is 4. The Balaban J connectivity index is 2.69. The fourth-order valence-corrected chi connectivity index (χ4v) is 2.44. The molecule has 0 radical (unpaired) electrons. The van der Waals surface area contributed by atoms with E-state index < -0.39 is 40.3 Å². The van der Waals surface area contributed by atoms with Crippen LogP contribution in [-0.2, 0) is 0 Å². The highest BCUT2D eigenvalue weighted by molar-refractivity contribution is 6.11. The summed E-state index contributed by atoms with van der Waals surface area (Å²) in [6.07, 6.45) is 0.546. The molecule has 2 aromatic rings. The first kappa shape index (κ1) is 17.3. The third kappa shape index (κ3) is 2.76. The Hall–Kier alpha value is -3.09. The van der Waals surface area contributed by atoms with Crippen LogP contribution in [0.3, 0.4) is 0 Å². The molecule has 128 valence electrons. The molecular weight excluding hydrogens is 316 g/mol. The van der Waals surface area contributed by atoms with Gasteiger partial charge in [-0.2, -0.15) is 0 Å². The number of phenolic OH excluding ortho intramolecular Hbond substituents is 6. The monoisotopic (exact) mass is 334 g/mol. The second-order valence-electron chi connectivity index (χ2n) is 5.56. The van der Waals surface area contributed by atoms with Gasteiger partial charge in [0.15, 0.2) is 34.5 Å². The van der Waals surface area contributed by atoms with E-state index in [1.807, 2.05) is 6.92 Å². The molecule has 0 heterocycles. The molecule has 0 aliphatic carbocycles. The van der Waals surface area contributed by atoms with Crippen LogP contribution in [0.2, 0.25) is 0 Å². The predicted octanol–water partition coefficient (Wildman–Crippen LogP) is 2.66. The van der Waals surface area contributed by atoms with Crippen molar-refractivity contribution in [2.24, 2.45) is 0 Å². The van der Waals surface area contributed by atoms with Crippen LogP contribution in [-0.4, -0.2) is 36.4 Å². The maximum Gasteiger partial charge on any atom is 0.200 e. The number of ketones is 1. The van der Waals surface area contributed by atoms with E-state index in [9.17, 15) is 35.4 Å². The van der Waals surface area contributed by atoms with E-state index in [1.165, 1.54) is 0 Å². The van der Waals surface area contributed by atoms with Gasteiger partial charge in [0.25, 0.3) is 0 Å². The van der Waals surface area contributed by atoms with Crippen LogP contribution < -0.4 is 0 Å². The summed E-state index contributed by atoms with van der Waals surface area (Å²) in [5.74, 6) is -5.14. The molecule has 0 aromatic heterocycles. The van der Waals surface area contributed by atoms with Crippen LogP contribution >= 0.6 is 0 Å². The Morgan fingerprint density at radius 2 is 1.38 bits per heavy atom. The summed E-state index contributed by atoms with van der Waals surface area (Å²) in [5, 5.41) is 58.0. The minimum atomic E-state index is -0.759. The molecule has 7 nitrogen and oxygen atoms in total. The zero-order chi connectivity index (χ0) is 18.2. The van der Waals surface area contributed by atoms with Crippen molar-refractivity contribution >= 4 is 5.78 Å². The number of aromatic hydroxyl groups is 6. The Kier molecular flexibility index (Phi) is 4.45. The molecule has 0 bridgehead atoms. The van der Waals surface area contributed by atoms with E-state index >= 15 is 0 Å². The maximum atomic E-state index is 12.7. The predicted molar refractivity (Wildman–Crippen MR) is 85.0 cm³/mol. The van der Waals surface area contributed by atoms with Crippen molar-refractivity contribution in [3.8, 4) is 34.5 Å².